The number of carbonyl (C=O) groups excluding carboxylic acids is 1. The van der Waals surface area contributed by atoms with Crippen molar-refractivity contribution in [1.82, 2.24) is 10.3 Å². The van der Waals surface area contributed by atoms with Crippen LogP contribution in [-0.2, 0) is 6.42 Å². The number of amides is 1. The lowest BCUT2D eigenvalue weighted by Crippen LogP contribution is -2.26. The summed E-state index contributed by atoms with van der Waals surface area (Å²) in [5.74, 6) is 0.517. The first-order valence-corrected chi connectivity index (χ1v) is 8.37. The van der Waals surface area contributed by atoms with Gasteiger partial charge >= 0.3 is 0 Å². The monoisotopic (exact) mass is 346 g/mol. The van der Waals surface area contributed by atoms with Gasteiger partial charge in [0, 0.05) is 16.4 Å². The van der Waals surface area contributed by atoms with Crippen molar-refractivity contribution in [3.05, 3.63) is 63.8 Å². The van der Waals surface area contributed by atoms with E-state index in [0.717, 1.165) is 21.9 Å². The van der Waals surface area contributed by atoms with Crippen LogP contribution in [0.4, 0.5) is 0 Å². The quantitative estimate of drug-likeness (QED) is 0.747. The van der Waals surface area contributed by atoms with Crippen molar-refractivity contribution in [3.8, 4) is 10.8 Å². The average Bonchev–Trinajstić information content (AvgIpc) is 3.18. The number of hydrogen-bond donors (Lipinski definition) is 1. The third-order valence-electron chi connectivity index (χ3n) is 3.36. The zero-order valence-corrected chi connectivity index (χ0v) is 14.1. The van der Waals surface area contributed by atoms with Crippen molar-refractivity contribution in [2.45, 2.75) is 13.3 Å². The molecule has 1 N–H and O–H groups in total. The molecule has 23 heavy (non-hydrogen) atoms. The predicted molar refractivity (Wildman–Crippen MR) is 92.0 cm³/mol. The van der Waals surface area contributed by atoms with Gasteiger partial charge < -0.3 is 9.73 Å². The molecule has 3 rings (SSSR count). The second-order valence-electron chi connectivity index (χ2n) is 5.03. The molecule has 0 aliphatic rings. The molecule has 0 saturated heterocycles. The molecule has 0 saturated carbocycles. The number of benzene rings is 1. The zero-order valence-electron chi connectivity index (χ0n) is 12.5. The number of nitrogens with one attached hydrogen (secondary N) is 1. The fraction of sp³-hybridized carbons (Fsp3) is 0.176. The van der Waals surface area contributed by atoms with E-state index in [4.69, 9.17) is 16.0 Å². The molecule has 0 fully saturated rings. The van der Waals surface area contributed by atoms with Gasteiger partial charge in [0.05, 0.1) is 6.26 Å². The first-order chi connectivity index (χ1) is 11.1. The van der Waals surface area contributed by atoms with Crippen LogP contribution >= 0.6 is 22.9 Å². The van der Waals surface area contributed by atoms with Gasteiger partial charge in [-0.1, -0.05) is 23.7 Å². The molecule has 2 aromatic heterocycles. The van der Waals surface area contributed by atoms with E-state index in [-0.39, 0.29) is 5.91 Å². The molecule has 0 radical (unpaired) electrons. The van der Waals surface area contributed by atoms with Gasteiger partial charge in [-0.2, -0.15) is 0 Å². The number of hydrogen-bond acceptors (Lipinski definition) is 4. The maximum atomic E-state index is 12.3. The standard InChI is InChI=1S/C17H15ClN2O2S/c1-11-15(20-17(23-11)14-3-2-10-22-14)16(21)19-9-8-12-4-6-13(18)7-5-12/h2-7,10H,8-9H2,1H3,(H,19,21). The molecule has 0 aliphatic heterocycles. The van der Waals surface area contributed by atoms with Gasteiger partial charge in [0.1, 0.15) is 5.69 Å². The second-order valence-corrected chi connectivity index (χ2v) is 6.67. The van der Waals surface area contributed by atoms with Crippen molar-refractivity contribution in [1.29, 1.82) is 0 Å². The highest BCUT2D eigenvalue weighted by Gasteiger charge is 2.17. The Balaban J connectivity index is 1.61. The van der Waals surface area contributed by atoms with Crippen molar-refractivity contribution < 1.29 is 9.21 Å². The first kappa shape index (κ1) is 15.8. The number of furan rings is 1. The summed E-state index contributed by atoms with van der Waals surface area (Å²) in [6.45, 7) is 2.44. The van der Waals surface area contributed by atoms with Gasteiger partial charge in [0.2, 0.25) is 0 Å². The molecule has 6 heteroatoms. The summed E-state index contributed by atoms with van der Waals surface area (Å²) in [5, 5.41) is 4.33. The Bertz CT molecular complexity index is 795. The summed E-state index contributed by atoms with van der Waals surface area (Å²) in [4.78, 5) is 17.5. The summed E-state index contributed by atoms with van der Waals surface area (Å²) < 4.78 is 5.32. The van der Waals surface area contributed by atoms with Crippen LogP contribution in [0.1, 0.15) is 20.9 Å². The van der Waals surface area contributed by atoms with Gasteiger partial charge in [-0.05, 0) is 43.2 Å². The molecule has 0 bridgehead atoms. The smallest absolute Gasteiger partial charge is 0.271 e. The van der Waals surface area contributed by atoms with Gasteiger partial charge in [-0.3, -0.25) is 4.79 Å². The van der Waals surface area contributed by atoms with E-state index < -0.39 is 0 Å². The molecule has 118 valence electrons. The number of rotatable bonds is 5. The lowest BCUT2D eigenvalue weighted by Gasteiger charge is -2.04. The number of aryl methyl sites for hydroxylation is 1. The molecule has 0 unspecified atom stereocenters. The maximum absolute atomic E-state index is 12.3. The van der Waals surface area contributed by atoms with E-state index in [1.807, 2.05) is 37.3 Å². The van der Waals surface area contributed by atoms with Crippen LogP contribution in [0.5, 0.6) is 0 Å². The van der Waals surface area contributed by atoms with Crippen molar-refractivity contribution >= 4 is 28.8 Å². The highest BCUT2D eigenvalue weighted by Crippen LogP contribution is 2.27. The van der Waals surface area contributed by atoms with E-state index in [1.165, 1.54) is 11.3 Å². The Morgan fingerprint density at radius 3 is 2.78 bits per heavy atom. The number of thiazole rings is 1. The summed E-state index contributed by atoms with van der Waals surface area (Å²) in [6.07, 6.45) is 2.34. The van der Waals surface area contributed by atoms with Crippen LogP contribution in [0.15, 0.2) is 47.1 Å². The molecule has 0 atom stereocenters. The number of carbonyl (C=O) groups is 1. The van der Waals surface area contributed by atoms with Crippen LogP contribution in [0.2, 0.25) is 5.02 Å². The second kappa shape index (κ2) is 6.98. The molecule has 1 aromatic carbocycles. The van der Waals surface area contributed by atoms with E-state index in [0.29, 0.717) is 23.0 Å². The molecule has 0 spiro atoms. The molecule has 2 heterocycles. The van der Waals surface area contributed by atoms with E-state index >= 15 is 0 Å². The van der Waals surface area contributed by atoms with Crippen LogP contribution < -0.4 is 5.32 Å². The topological polar surface area (TPSA) is 55.1 Å². The third-order valence-corrected chi connectivity index (χ3v) is 4.59. The third kappa shape index (κ3) is 3.81. The molecule has 3 aromatic rings. The van der Waals surface area contributed by atoms with Gasteiger partial charge in [-0.25, -0.2) is 4.98 Å². The van der Waals surface area contributed by atoms with E-state index in [9.17, 15) is 4.79 Å². The van der Waals surface area contributed by atoms with Crippen molar-refractivity contribution in [2.24, 2.45) is 0 Å². The Labute approximate surface area is 143 Å². The summed E-state index contributed by atoms with van der Waals surface area (Å²) in [6, 6.07) is 11.2. The fourth-order valence-corrected chi connectivity index (χ4v) is 3.17. The lowest BCUT2D eigenvalue weighted by molar-refractivity contribution is 0.0949. The van der Waals surface area contributed by atoms with E-state index in [2.05, 4.69) is 10.3 Å². The number of nitrogens with zero attached hydrogens (tertiary/aromatic N) is 1. The Kier molecular flexibility index (Phi) is 4.79. The van der Waals surface area contributed by atoms with Gasteiger partial charge in [0.15, 0.2) is 10.8 Å². The van der Waals surface area contributed by atoms with Crippen molar-refractivity contribution in [2.75, 3.05) is 6.54 Å². The zero-order chi connectivity index (χ0) is 16.2. The summed E-state index contributed by atoms with van der Waals surface area (Å²) >= 11 is 7.31. The maximum Gasteiger partial charge on any atom is 0.271 e. The normalized spacial score (nSPS) is 10.7. The van der Waals surface area contributed by atoms with Crippen LogP contribution in [-0.4, -0.2) is 17.4 Å². The lowest BCUT2D eigenvalue weighted by atomic mass is 10.1. The molecule has 1 amide bonds. The van der Waals surface area contributed by atoms with E-state index in [1.54, 1.807) is 12.3 Å². The first-order valence-electron chi connectivity index (χ1n) is 7.17. The molecule has 4 nitrogen and oxygen atoms in total. The minimum absolute atomic E-state index is 0.162. The fourth-order valence-electron chi connectivity index (χ4n) is 2.17. The Hall–Kier alpha value is -2.11. The minimum Gasteiger partial charge on any atom is -0.462 e. The van der Waals surface area contributed by atoms with Crippen molar-refractivity contribution in [3.63, 3.8) is 0 Å². The number of halogens is 1. The van der Waals surface area contributed by atoms with Crippen LogP contribution in [0.25, 0.3) is 10.8 Å². The van der Waals surface area contributed by atoms with Crippen LogP contribution in [0, 0.1) is 6.92 Å². The van der Waals surface area contributed by atoms with Gasteiger partial charge in [0.25, 0.3) is 5.91 Å². The average molecular weight is 347 g/mol. The molecular weight excluding hydrogens is 332 g/mol. The highest BCUT2D eigenvalue weighted by molar-refractivity contribution is 7.15. The molecular formula is C17H15ClN2O2S. The van der Waals surface area contributed by atoms with Gasteiger partial charge in [-0.15, -0.1) is 11.3 Å². The molecule has 0 aliphatic carbocycles. The Morgan fingerprint density at radius 1 is 1.30 bits per heavy atom. The Morgan fingerprint density at radius 2 is 2.09 bits per heavy atom. The predicted octanol–water partition coefficient (Wildman–Crippen LogP) is 4.34. The largest absolute Gasteiger partial charge is 0.462 e. The highest BCUT2D eigenvalue weighted by atomic mass is 35.5. The SMILES string of the molecule is Cc1sc(-c2ccco2)nc1C(=O)NCCc1ccc(Cl)cc1. The summed E-state index contributed by atoms with van der Waals surface area (Å²) in [7, 11) is 0. The summed E-state index contributed by atoms with van der Waals surface area (Å²) in [5.41, 5.74) is 1.58. The van der Waals surface area contributed by atoms with Crippen LogP contribution in [0.3, 0.4) is 0 Å². The number of aromatic nitrogens is 1. The minimum atomic E-state index is -0.162.